The molecule has 0 radical (unpaired) electrons. The number of piperidine rings is 2. The third-order valence-electron chi connectivity index (χ3n) is 6.94. The summed E-state index contributed by atoms with van der Waals surface area (Å²) in [6, 6.07) is 4.97. The van der Waals surface area contributed by atoms with E-state index in [-0.39, 0.29) is 0 Å². The van der Waals surface area contributed by atoms with E-state index in [1.807, 2.05) is 11.3 Å². The second-order valence-electron chi connectivity index (χ2n) is 9.19. The molecule has 0 bridgehead atoms. The van der Waals surface area contributed by atoms with Gasteiger partial charge >= 0.3 is 0 Å². The van der Waals surface area contributed by atoms with E-state index in [0.29, 0.717) is 24.2 Å². The van der Waals surface area contributed by atoms with Crippen LogP contribution in [0.3, 0.4) is 0 Å². The molecule has 0 aromatic carbocycles. The Morgan fingerprint density at radius 3 is 2.81 bits per heavy atom. The Hall–Kier alpha value is -1.15. The summed E-state index contributed by atoms with van der Waals surface area (Å²) in [5, 5.41) is 5.75. The number of aliphatic imine (C=N–C) groups is 1. The van der Waals surface area contributed by atoms with Crippen molar-refractivity contribution < 1.29 is 9.47 Å². The molecule has 4 heterocycles. The van der Waals surface area contributed by atoms with Crippen molar-refractivity contribution in [2.45, 2.75) is 63.7 Å². The topological polar surface area (TPSA) is 49.3 Å². The lowest BCUT2D eigenvalue weighted by atomic mass is 9.88. The predicted octanol–water partition coefficient (Wildman–Crippen LogP) is 3.76. The highest BCUT2D eigenvalue weighted by atomic mass is 32.1. The molecule has 3 atom stereocenters. The van der Waals surface area contributed by atoms with Gasteiger partial charge in [-0.15, -0.1) is 11.3 Å². The van der Waals surface area contributed by atoms with Crippen LogP contribution < -0.4 is 5.32 Å². The van der Waals surface area contributed by atoms with E-state index >= 15 is 0 Å². The lowest BCUT2D eigenvalue weighted by molar-refractivity contribution is -0.0367. The zero-order valence-electron chi connectivity index (χ0n) is 19.3. The number of thiophene rings is 1. The summed E-state index contributed by atoms with van der Waals surface area (Å²) in [6.45, 7) is 8.84. The average molecular weight is 449 g/mol. The zero-order valence-corrected chi connectivity index (χ0v) is 20.1. The van der Waals surface area contributed by atoms with Gasteiger partial charge in [-0.25, -0.2) is 0 Å². The normalized spacial score (nSPS) is 28.9. The fourth-order valence-electron chi connectivity index (χ4n) is 5.24. The molecular weight excluding hydrogens is 408 g/mol. The van der Waals surface area contributed by atoms with Gasteiger partial charge < -0.3 is 19.7 Å². The highest BCUT2D eigenvalue weighted by Gasteiger charge is 2.31. The van der Waals surface area contributed by atoms with Crippen LogP contribution in [0.4, 0.5) is 0 Å². The highest BCUT2D eigenvalue weighted by molar-refractivity contribution is 7.10. The first-order valence-electron chi connectivity index (χ1n) is 12.2. The highest BCUT2D eigenvalue weighted by Crippen LogP contribution is 2.37. The minimum absolute atomic E-state index is 0.321. The molecule has 3 fully saturated rings. The van der Waals surface area contributed by atoms with E-state index < -0.39 is 0 Å². The maximum absolute atomic E-state index is 6.16. The van der Waals surface area contributed by atoms with Gasteiger partial charge in [-0.3, -0.25) is 9.89 Å². The Morgan fingerprint density at radius 2 is 2.10 bits per heavy atom. The van der Waals surface area contributed by atoms with Gasteiger partial charge in [-0.2, -0.15) is 0 Å². The molecule has 0 aliphatic carbocycles. The maximum Gasteiger partial charge on any atom is 0.193 e. The smallest absolute Gasteiger partial charge is 0.193 e. The van der Waals surface area contributed by atoms with Crippen LogP contribution in [-0.2, 0) is 9.47 Å². The molecule has 1 aromatic rings. The molecule has 0 saturated carbocycles. The second kappa shape index (κ2) is 11.6. The van der Waals surface area contributed by atoms with Gasteiger partial charge in [0.1, 0.15) is 0 Å². The monoisotopic (exact) mass is 448 g/mol. The number of hydrogen-bond donors (Lipinski definition) is 1. The second-order valence-corrected chi connectivity index (χ2v) is 10.2. The molecule has 0 spiro atoms. The van der Waals surface area contributed by atoms with Crippen molar-refractivity contribution in [3.8, 4) is 0 Å². The molecule has 3 saturated heterocycles. The first-order valence-corrected chi connectivity index (χ1v) is 13.1. The van der Waals surface area contributed by atoms with Gasteiger partial charge in [0.15, 0.2) is 5.96 Å². The summed E-state index contributed by atoms with van der Waals surface area (Å²) in [5.41, 5.74) is 0. The fraction of sp³-hybridized carbons (Fsp3) is 0.792. The van der Waals surface area contributed by atoms with E-state index in [1.165, 1.54) is 30.7 Å². The Balaban J connectivity index is 1.31. The summed E-state index contributed by atoms with van der Waals surface area (Å²) in [4.78, 5) is 11.6. The fourth-order valence-corrected chi connectivity index (χ4v) is 6.23. The van der Waals surface area contributed by atoms with E-state index in [1.54, 1.807) is 0 Å². The van der Waals surface area contributed by atoms with Crippen LogP contribution >= 0.6 is 11.3 Å². The molecule has 4 rings (SSSR count). The first kappa shape index (κ1) is 23.0. The number of ether oxygens (including phenoxy) is 2. The van der Waals surface area contributed by atoms with Gasteiger partial charge in [0.2, 0.25) is 0 Å². The van der Waals surface area contributed by atoms with Gasteiger partial charge in [-0.1, -0.05) is 6.07 Å². The molecule has 3 unspecified atom stereocenters. The Labute approximate surface area is 192 Å². The lowest BCUT2D eigenvalue weighted by Gasteiger charge is -2.39. The van der Waals surface area contributed by atoms with Crippen molar-refractivity contribution in [2.75, 3.05) is 53.0 Å². The first-order chi connectivity index (χ1) is 15.2. The Morgan fingerprint density at radius 1 is 1.23 bits per heavy atom. The Bertz CT molecular complexity index is 669. The summed E-state index contributed by atoms with van der Waals surface area (Å²) >= 11 is 1.88. The third-order valence-corrected chi connectivity index (χ3v) is 7.88. The minimum Gasteiger partial charge on any atom is -0.376 e. The van der Waals surface area contributed by atoms with Crippen LogP contribution in [0.2, 0.25) is 0 Å². The van der Waals surface area contributed by atoms with Crippen LogP contribution in [0, 0.1) is 5.92 Å². The molecule has 31 heavy (non-hydrogen) atoms. The molecule has 1 N–H and O–H groups in total. The quantitative estimate of drug-likeness (QED) is 0.508. The van der Waals surface area contributed by atoms with Crippen LogP contribution in [0.1, 0.15) is 56.4 Å². The predicted molar refractivity (Wildman–Crippen MR) is 128 cm³/mol. The summed E-state index contributed by atoms with van der Waals surface area (Å²) in [7, 11) is 2.27. The van der Waals surface area contributed by atoms with Crippen molar-refractivity contribution in [2.24, 2.45) is 10.9 Å². The molecule has 6 nitrogen and oxygen atoms in total. The lowest BCUT2D eigenvalue weighted by Crippen LogP contribution is -2.47. The van der Waals surface area contributed by atoms with Gasteiger partial charge in [0, 0.05) is 43.7 Å². The summed E-state index contributed by atoms with van der Waals surface area (Å²) < 4.78 is 11.9. The minimum atomic E-state index is 0.321. The number of nitrogens with zero attached hydrogens (tertiary/aromatic N) is 3. The number of likely N-dealkylation sites (tertiary alicyclic amines) is 2. The van der Waals surface area contributed by atoms with Crippen LogP contribution in [-0.4, -0.2) is 81.0 Å². The van der Waals surface area contributed by atoms with Crippen LogP contribution in [0.5, 0.6) is 0 Å². The van der Waals surface area contributed by atoms with E-state index in [2.05, 4.69) is 46.6 Å². The molecule has 7 heteroatoms. The maximum atomic E-state index is 6.16. The van der Waals surface area contributed by atoms with E-state index in [4.69, 9.17) is 14.5 Å². The van der Waals surface area contributed by atoms with Crippen molar-refractivity contribution in [1.29, 1.82) is 0 Å². The molecule has 1 aromatic heterocycles. The molecule has 0 amide bonds. The number of rotatable bonds is 7. The molecule has 174 valence electrons. The van der Waals surface area contributed by atoms with Crippen molar-refractivity contribution in [3.63, 3.8) is 0 Å². The zero-order chi connectivity index (χ0) is 21.5. The number of guanidine groups is 1. The number of hydrogen-bond acceptors (Lipinski definition) is 5. The van der Waals surface area contributed by atoms with Gasteiger partial charge in [-0.05, 0) is 76.4 Å². The van der Waals surface area contributed by atoms with Crippen molar-refractivity contribution in [1.82, 2.24) is 15.1 Å². The molecular formula is C24H40N4O2S. The average Bonchev–Trinajstić information content (AvgIpc) is 3.50. The number of nitrogens with one attached hydrogen (secondary N) is 1. The molecule has 3 aliphatic heterocycles. The van der Waals surface area contributed by atoms with E-state index in [0.717, 1.165) is 64.6 Å². The van der Waals surface area contributed by atoms with Crippen molar-refractivity contribution >= 4 is 17.3 Å². The van der Waals surface area contributed by atoms with Gasteiger partial charge in [0.05, 0.1) is 18.8 Å². The SMILES string of the molecule is CCNC(=NCC1CCCN(C)C1c1cccs1)N1CCC(OCC2CCCO2)CC1. The van der Waals surface area contributed by atoms with Gasteiger partial charge in [0.25, 0.3) is 0 Å². The standard InChI is InChI=1S/C24H40N4O2S/c1-3-25-24(28-13-10-20(11-14-28)30-18-21-8-5-15-29-21)26-17-19-7-4-12-27(2)23(19)22-9-6-16-31-22/h6,9,16,19-21,23H,3-5,7-8,10-15,17-18H2,1-2H3,(H,25,26). The molecule has 3 aliphatic rings. The summed E-state index contributed by atoms with van der Waals surface area (Å²) in [5.74, 6) is 1.66. The summed E-state index contributed by atoms with van der Waals surface area (Å²) in [6.07, 6.45) is 7.68. The van der Waals surface area contributed by atoms with Crippen molar-refractivity contribution in [3.05, 3.63) is 22.4 Å². The van der Waals surface area contributed by atoms with E-state index in [9.17, 15) is 0 Å². The Kier molecular flexibility index (Phi) is 8.64. The van der Waals surface area contributed by atoms with Crippen LogP contribution in [0.15, 0.2) is 22.5 Å². The largest absolute Gasteiger partial charge is 0.376 e. The van der Waals surface area contributed by atoms with Crippen LogP contribution in [0.25, 0.3) is 0 Å². The third kappa shape index (κ3) is 6.21.